The summed E-state index contributed by atoms with van der Waals surface area (Å²) in [7, 11) is 0. The molecule has 0 aromatic carbocycles. The van der Waals surface area contributed by atoms with Crippen LogP contribution in [0.2, 0.25) is 0 Å². The Balaban J connectivity index is 2.72. The van der Waals surface area contributed by atoms with Crippen LogP contribution in [0.3, 0.4) is 0 Å². The third kappa shape index (κ3) is 2.98. The first-order valence-corrected chi connectivity index (χ1v) is 6.97. The van der Waals surface area contributed by atoms with E-state index < -0.39 is 0 Å². The Morgan fingerprint density at radius 2 is 1.60 bits per heavy atom. The zero-order valence-corrected chi connectivity index (χ0v) is 11.6. The lowest BCUT2D eigenvalue weighted by Gasteiger charge is -2.44. The molecule has 1 aliphatic carbocycles. The van der Waals surface area contributed by atoms with Crippen LogP contribution in [0.4, 0.5) is 0 Å². The largest absolute Gasteiger partial charge is 0.0651 e. The van der Waals surface area contributed by atoms with E-state index in [1.165, 1.54) is 19.3 Å². The highest BCUT2D eigenvalue weighted by molar-refractivity contribution is 4.86. The maximum Gasteiger partial charge on any atom is -0.0358 e. The number of hydrogen-bond donors (Lipinski definition) is 0. The van der Waals surface area contributed by atoms with Crippen molar-refractivity contribution in [3.63, 3.8) is 0 Å². The molecule has 90 valence electrons. The molecule has 0 radical (unpaired) electrons. The first kappa shape index (κ1) is 13.1. The van der Waals surface area contributed by atoms with Crippen LogP contribution >= 0.6 is 0 Å². The molecule has 1 rings (SSSR count). The van der Waals surface area contributed by atoms with Crippen LogP contribution in [0.15, 0.2) is 0 Å². The number of rotatable bonds is 3. The van der Waals surface area contributed by atoms with E-state index in [1.807, 2.05) is 0 Å². The van der Waals surface area contributed by atoms with Crippen LogP contribution in [-0.2, 0) is 0 Å². The van der Waals surface area contributed by atoms with Gasteiger partial charge in [0.25, 0.3) is 0 Å². The first-order chi connectivity index (χ1) is 6.97. The van der Waals surface area contributed by atoms with Crippen molar-refractivity contribution in [2.24, 2.45) is 35.5 Å². The van der Waals surface area contributed by atoms with Crippen LogP contribution in [0.5, 0.6) is 0 Å². The van der Waals surface area contributed by atoms with E-state index in [1.54, 1.807) is 0 Å². The monoisotopic (exact) mass is 210 g/mol. The van der Waals surface area contributed by atoms with Crippen molar-refractivity contribution in [3.8, 4) is 0 Å². The summed E-state index contributed by atoms with van der Waals surface area (Å²) in [5.41, 5.74) is 0. The van der Waals surface area contributed by atoms with Gasteiger partial charge in [0.1, 0.15) is 0 Å². The quantitative estimate of drug-likeness (QED) is 0.616. The van der Waals surface area contributed by atoms with Crippen molar-refractivity contribution in [2.45, 2.75) is 60.8 Å². The molecular formula is C15H30. The molecule has 0 aromatic heterocycles. The minimum Gasteiger partial charge on any atom is -0.0651 e. The second-order valence-electron chi connectivity index (χ2n) is 6.43. The molecule has 4 atom stereocenters. The van der Waals surface area contributed by atoms with Crippen molar-refractivity contribution < 1.29 is 0 Å². The minimum atomic E-state index is 0.874. The third-order valence-electron chi connectivity index (χ3n) is 4.80. The van der Waals surface area contributed by atoms with Gasteiger partial charge in [-0.1, -0.05) is 48.0 Å². The molecular weight excluding hydrogens is 180 g/mol. The molecule has 1 aliphatic rings. The van der Waals surface area contributed by atoms with E-state index in [4.69, 9.17) is 0 Å². The van der Waals surface area contributed by atoms with E-state index in [-0.39, 0.29) is 0 Å². The fraction of sp³-hybridized carbons (Fsp3) is 1.00. The average molecular weight is 210 g/mol. The van der Waals surface area contributed by atoms with Gasteiger partial charge >= 0.3 is 0 Å². The second-order valence-corrected chi connectivity index (χ2v) is 6.43. The van der Waals surface area contributed by atoms with Gasteiger partial charge in [0.15, 0.2) is 0 Å². The Kier molecular flexibility index (Phi) is 4.67. The van der Waals surface area contributed by atoms with Crippen LogP contribution in [0.1, 0.15) is 60.8 Å². The van der Waals surface area contributed by atoms with Gasteiger partial charge in [-0.3, -0.25) is 0 Å². The zero-order chi connectivity index (χ0) is 11.6. The molecule has 1 fully saturated rings. The molecule has 0 heterocycles. The first-order valence-electron chi connectivity index (χ1n) is 6.97. The molecule has 15 heavy (non-hydrogen) atoms. The van der Waals surface area contributed by atoms with Crippen molar-refractivity contribution in [1.29, 1.82) is 0 Å². The Morgan fingerprint density at radius 1 is 1.00 bits per heavy atom. The summed E-state index contributed by atoms with van der Waals surface area (Å²) >= 11 is 0. The summed E-state index contributed by atoms with van der Waals surface area (Å²) in [5.74, 6) is 5.65. The zero-order valence-electron chi connectivity index (χ0n) is 11.6. The smallest absolute Gasteiger partial charge is 0.0358 e. The molecule has 0 saturated heterocycles. The van der Waals surface area contributed by atoms with Gasteiger partial charge in [0, 0.05) is 0 Å². The van der Waals surface area contributed by atoms with Crippen LogP contribution in [-0.4, -0.2) is 0 Å². The summed E-state index contributed by atoms with van der Waals surface area (Å²) in [5, 5.41) is 0. The average Bonchev–Trinajstić information content (AvgIpc) is 2.16. The van der Waals surface area contributed by atoms with Gasteiger partial charge in [-0.2, -0.15) is 0 Å². The lowest BCUT2D eigenvalue weighted by atomic mass is 9.62. The lowest BCUT2D eigenvalue weighted by molar-refractivity contribution is 0.0604. The summed E-state index contributed by atoms with van der Waals surface area (Å²) in [6, 6.07) is 0. The molecule has 1 saturated carbocycles. The topological polar surface area (TPSA) is 0 Å². The van der Waals surface area contributed by atoms with Crippen molar-refractivity contribution in [3.05, 3.63) is 0 Å². The summed E-state index contributed by atoms with van der Waals surface area (Å²) in [6.07, 6.45) is 4.34. The van der Waals surface area contributed by atoms with Gasteiger partial charge in [-0.05, 0) is 48.3 Å². The molecule has 0 nitrogen and oxygen atoms in total. The molecule has 0 N–H and O–H groups in total. The maximum absolute atomic E-state index is 2.48. The fourth-order valence-electron chi connectivity index (χ4n) is 3.71. The normalized spacial score (nSPS) is 37.6. The lowest BCUT2D eigenvalue weighted by Crippen LogP contribution is -2.35. The van der Waals surface area contributed by atoms with Gasteiger partial charge in [0.2, 0.25) is 0 Å². The van der Waals surface area contributed by atoms with E-state index in [0.29, 0.717) is 0 Å². The Morgan fingerprint density at radius 3 is 2.00 bits per heavy atom. The van der Waals surface area contributed by atoms with Gasteiger partial charge in [-0.15, -0.1) is 0 Å². The minimum absolute atomic E-state index is 0.874. The predicted molar refractivity (Wildman–Crippen MR) is 68.8 cm³/mol. The third-order valence-corrected chi connectivity index (χ3v) is 4.80. The van der Waals surface area contributed by atoms with E-state index >= 15 is 0 Å². The van der Waals surface area contributed by atoms with Crippen molar-refractivity contribution in [2.75, 3.05) is 0 Å². The maximum atomic E-state index is 2.48. The molecule has 4 unspecified atom stereocenters. The summed E-state index contributed by atoms with van der Waals surface area (Å²) in [6.45, 7) is 14.5. The van der Waals surface area contributed by atoms with Gasteiger partial charge < -0.3 is 0 Å². The standard InChI is InChI=1S/C15H30/c1-7-14-12(6)8-13(10(2)3)9-15(14)11(4)5/h10-15H,7-9H2,1-6H3. The fourth-order valence-corrected chi connectivity index (χ4v) is 3.71. The summed E-state index contributed by atoms with van der Waals surface area (Å²) in [4.78, 5) is 0. The Hall–Kier alpha value is 0. The molecule has 0 heteroatoms. The molecule has 0 aliphatic heterocycles. The second kappa shape index (κ2) is 5.37. The molecule has 0 amide bonds. The molecule has 0 aromatic rings. The van der Waals surface area contributed by atoms with Gasteiger partial charge in [0.05, 0.1) is 0 Å². The van der Waals surface area contributed by atoms with Gasteiger partial charge in [-0.25, -0.2) is 0 Å². The molecule has 0 bridgehead atoms. The SMILES string of the molecule is CCC1C(C)CC(C(C)C)CC1C(C)C. The highest BCUT2D eigenvalue weighted by atomic mass is 14.4. The number of hydrogen-bond acceptors (Lipinski definition) is 0. The van der Waals surface area contributed by atoms with E-state index in [0.717, 1.165) is 35.5 Å². The van der Waals surface area contributed by atoms with E-state index in [9.17, 15) is 0 Å². The van der Waals surface area contributed by atoms with Crippen LogP contribution in [0.25, 0.3) is 0 Å². The Labute approximate surface area is 96.8 Å². The molecule has 0 spiro atoms. The van der Waals surface area contributed by atoms with Crippen molar-refractivity contribution >= 4 is 0 Å². The predicted octanol–water partition coefficient (Wildman–Crippen LogP) is 4.99. The highest BCUT2D eigenvalue weighted by Crippen LogP contribution is 2.45. The highest BCUT2D eigenvalue weighted by Gasteiger charge is 2.36. The summed E-state index contributed by atoms with van der Waals surface area (Å²) < 4.78 is 0. The van der Waals surface area contributed by atoms with Crippen molar-refractivity contribution in [1.82, 2.24) is 0 Å². The van der Waals surface area contributed by atoms with Crippen LogP contribution < -0.4 is 0 Å². The Bertz CT molecular complexity index is 180. The van der Waals surface area contributed by atoms with Crippen LogP contribution in [0, 0.1) is 35.5 Å². The van der Waals surface area contributed by atoms with E-state index in [2.05, 4.69) is 41.5 Å².